The smallest absolute Gasteiger partial charge is 0.138 e. The first-order valence-corrected chi connectivity index (χ1v) is 17.2. The summed E-state index contributed by atoms with van der Waals surface area (Å²) >= 11 is 0. The number of rotatable bonds is 2. The summed E-state index contributed by atoms with van der Waals surface area (Å²) in [5.74, 6) is 0.917. The fraction of sp³-hybridized carbons (Fsp3) is 0. The van der Waals surface area contributed by atoms with Gasteiger partial charge in [-0.2, -0.15) is 0 Å². The fourth-order valence-electron chi connectivity index (χ4n) is 8.38. The topological polar surface area (TPSA) is 22.8 Å². The zero-order valence-electron chi connectivity index (χ0n) is 27.1. The molecule has 0 fully saturated rings. The predicted octanol–water partition coefficient (Wildman–Crippen LogP) is 12.3. The van der Waals surface area contributed by atoms with Crippen LogP contribution in [0.15, 0.2) is 176 Å². The summed E-state index contributed by atoms with van der Waals surface area (Å²) in [6.45, 7) is 0. The van der Waals surface area contributed by atoms with E-state index in [0.29, 0.717) is 0 Å². The Kier molecular flexibility index (Phi) is 5.67. The van der Waals surface area contributed by atoms with Crippen LogP contribution in [0.25, 0.3) is 99.8 Å². The number of aromatic nitrogens is 3. The summed E-state index contributed by atoms with van der Waals surface area (Å²) in [7, 11) is 0. The average Bonchev–Trinajstić information content (AvgIpc) is 3.70. The van der Waals surface area contributed by atoms with Gasteiger partial charge in [0, 0.05) is 21.8 Å². The maximum absolute atomic E-state index is 5.44. The highest BCUT2D eigenvalue weighted by molar-refractivity contribution is 6.11. The van der Waals surface area contributed by atoms with Crippen molar-refractivity contribution in [1.82, 2.24) is 14.1 Å². The molecule has 0 atom stereocenters. The van der Waals surface area contributed by atoms with Gasteiger partial charge in [-0.05, 0) is 87.0 Å². The minimum absolute atomic E-state index is 0.917. The fourth-order valence-corrected chi connectivity index (χ4v) is 8.38. The summed E-state index contributed by atoms with van der Waals surface area (Å²) in [6, 6.07) is 63.8. The molecule has 1 aliphatic carbocycles. The molecule has 0 saturated heterocycles. The number of nitrogens with zero attached hydrogens (tertiary/aromatic N) is 3. The van der Waals surface area contributed by atoms with Gasteiger partial charge < -0.3 is 4.57 Å². The molecular formula is C47H29N3. The molecule has 3 aromatic heterocycles. The highest BCUT2D eigenvalue weighted by atomic mass is 15.1. The Hall–Kier alpha value is -6.71. The first kappa shape index (κ1) is 27.3. The van der Waals surface area contributed by atoms with Crippen molar-refractivity contribution in [3.8, 4) is 56.0 Å². The van der Waals surface area contributed by atoms with E-state index in [1.54, 1.807) is 0 Å². The molecule has 11 rings (SSSR count). The highest BCUT2D eigenvalue weighted by Crippen LogP contribution is 2.48. The number of hydrogen-bond donors (Lipinski definition) is 0. The maximum Gasteiger partial charge on any atom is 0.138 e. The van der Waals surface area contributed by atoms with Crippen molar-refractivity contribution in [2.45, 2.75) is 0 Å². The molecule has 10 aromatic rings. The summed E-state index contributed by atoms with van der Waals surface area (Å²) in [5.41, 5.74) is 16.6. The molecule has 0 aliphatic heterocycles. The molecule has 3 nitrogen and oxygen atoms in total. The van der Waals surface area contributed by atoms with Crippen LogP contribution in [0.4, 0.5) is 0 Å². The largest absolute Gasteiger partial charge is 0.308 e. The second kappa shape index (κ2) is 10.4. The van der Waals surface area contributed by atoms with E-state index < -0.39 is 0 Å². The van der Waals surface area contributed by atoms with Gasteiger partial charge in [0.05, 0.1) is 27.6 Å². The van der Waals surface area contributed by atoms with Crippen molar-refractivity contribution >= 4 is 43.7 Å². The van der Waals surface area contributed by atoms with Crippen LogP contribution >= 0.6 is 0 Å². The Morgan fingerprint density at radius 2 is 0.720 bits per heavy atom. The van der Waals surface area contributed by atoms with Gasteiger partial charge >= 0.3 is 0 Å². The molecule has 0 saturated carbocycles. The molecule has 3 heterocycles. The lowest BCUT2D eigenvalue weighted by Gasteiger charge is -2.23. The van der Waals surface area contributed by atoms with Gasteiger partial charge in [0.1, 0.15) is 5.82 Å². The van der Waals surface area contributed by atoms with Gasteiger partial charge in [-0.1, -0.05) is 133 Å². The van der Waals surface area contributed by atoms with Crippen LogP contribution in [0, 0.1) is 0 Å². The molecule has 7 aromatic carbocycles. The number of para-hydroxylation sites is 3. The molecule has 50 heavy (non-hydrogen) atoms. The van der Waals surface area contributed by atoms with Crippen molar-refractivity contribution in [2.75, 3.05) is 0 Å². The van der Waals surface area contributed by atoms with Crippen LogP contribution in [-0.4, -0.2) is 14.1 Å². The van der Waals surface area contributed by atoms with Crippen molar-refractivity contribution in [3.05, 3.63) is 176 Å². The molecule has 0 radical (unpaired) electrons. The van der Waals surface area contributed by atoms with Crippen molar-refractivity contribution < 1.29 is 0 Å². The Labute approximate surface area is 288 Å². The summed E-state index contributed by atoms with van der Waals surface area (Å²) in [5, 5.41) is 3.60. The Balaban J connectivity index is 1.18. The van der Waals surface area contributed by atoms with E-state index >= 15 is 0 Å². The molecule has 0 unspecified atom stereocenters. The van der Waals surface area contributed by atoms with Gasteiger partial charge in [0.2, 0.25) is 0 Å². The molecule has 232 valence electrons. The van der Waals surface area contributed by atoms with Crippen LogP contribution in [0.2, 0.25) is 0 Å². The Morgan fingerprint density at radius 3 is 1.26 bits per heavy atom. The minimum Gasteiger partial charge on any atom is -0.308 e. The number of benzene rings is 7. The first-order valence-electron chi connectivity index (χ1n) is 17.2. The number of fused-ring (bicyclic) bond motifs is 14. The van der Waals surface area contributed by atoms with Crippen molar-refractivity contribution in [3.63, 3.8) is 0 Å². The summed E-state index contributed by atoms with van der Waals surface area (Å²) < 4.78 is 4.68. The Morgan fingerprint density at radius 1 is 0.300 bits per heavy atom. The molecule has 0 bridgehead atoms. The van der Waals surface area contributed by atoms with Crippen LogP contribution in [-0.2, 0) is 0 Å². The average molecular weight is 636 g/mol. The standard InChI is InChI=1S/C47H29N3/c1-2-14-32-31(13-1)33-15-3-4-17-35(33)37-26-25-30(29-41(37)36-18-6-5-16-34(32)36)49-44-24-12-9-21-40(44)47-45(49)27-28-46(48-47)50-42-22-10-7-19-38(42)39-20-8-11-23-43(39)50/h1-29H. The normalized spacial score (nSPS) is 12.0. The van der Waals surface area contributed by atoms with Gasteiger partial charge in [0.15, 0.2) is 0 Å². The zero-order chi connectivity index (χ0) is 32.8. The Bertz CT molecular complexity index is 2940. The lowest BCUT2D eigenvalue weighted by atomic mass is 9.81. The van der Waals surface area contributed by atoms with Gasteiger partial charge in [-0.15, -0.1) is 0 Å². The second-order valence-electron chi connectivity index (χ2n) is 13.1. The highest BCUT2D eigenvalue weighted by Gasteiger charge is 2.23. The third kappa shape index (κ3) is 3.77. The first-order chi connectivity index (χ1) is 24.8. The third-order valence-electron chi connectivity index (χ3n) is 10.5. The predicted molar refractivity (Wildman–Crippen MR) is 208 cm³/mol. The zero-order valence-corrected chi connectivity index (χ0v) is 27.1. The molecular weight excluding hydrogens is 607 g/mol. The van der Waals surface area contributed by atoms with E-state index in [1.165, 1.54) is 55.3 Å². The van der Waals surface area contributed by atoms with Crippen LogP contribution in [0.5, 0.6) is 0 Å². The third-order valence-corrected chi connectivity index (χ3v) is 10.5. The van der Waals surface area contributed by atoms with E-state index in [0.717, 1.165) is 44.5 Å². The minimum atomic E-state index is 0.917. The quantitative estimate of drug-likeness (QED) is 0.185. The second-order valence-corrected chi connectivity index (χ2v) is 13.1. The van der Waals surface area contributed by atoms with Crippen LogP contribution in [0.3, 0.4) is 0 Å². The SMILES string of the molecule is c1ccc2c(c1)-c1ccccc1-c1ccc(-n3c4ccccc4c4nc(-n5c6ccccc6c6ccccc65)ccc43)cc1-c1ccccc1-2. The van der Waals surface area contributed by atoms with E-state index in [1.807, 2.05) is 0 Å². The van der Waals surface area contributed by atoms with E-state index in [-0.39, 0.29) is 0 Å². The van der Waals surface area contributed by atoms with E-state index in [4.69, 9.17) is 4.98 Å². The monoisotopic (exact) mass is 635 g/mol. The van der Waals surface area contributed by atoms with Crippen LogP contribution < -0.4 is 0 Å². The van der Waals surface area contributed by atoms with Crippen LogP contribution in [0.1, 0.15) is 0 Å². The molecule has 0 spiro atoms. The maximum atomic E-state index is 5.44. The van der Waals surface area contributed by atoms with Crippen molar-refractivity contribution in [2.24, 2.45) is 0 Å². The number of pyridine rings is 1. The molecule has 3 heteroatoms. The summed E-state index contributed by atoms with van der Waals surface area (Å²) in [4.78, 5) is 5.44. The number of hydrogen-bond acceptors (Lipinski definition) is 1. The molecule has 0 amide bonds. The van der Waals surface area contributed by atoms with E-state index in [9.17, 15) is 0 Å². The lowest BCUT2D eigenvalue weighted by molar-refractivity contribution is 1.10. The van der Waals surface area contributed by atoms with E-state index in [2.05, 4.69) is 185 Å². The van der Waals surface area contributed by atoms with Gasteiger partial charge in [-0.3, -0.25) is 4.57 Å². The van der Waals surface area contributed by atoms with Crippen molar-refractivity contribution in [1.29, 1.82) is 0 Å². The molecule has 1 aliphatic rings. The van der Waals surface area contributed by atoms with Gasteiger partial charge in [-0.25, -0.2) is 4.98 Å². The lowest BCUT2D eigenvalue weighted by Crippen LogP contribution is -2.00. The van der Waals surface area contributed by atoms with Gasteiger partial charge in [0.25, 0.3) is 0 Å². The molecule has 0 N–H and O–H groups in total. The summed E-state index contributed by atoms with van der Waals surface area (Å²) in [6.07, 6.45) is 0.